The lowest BCUT2D eigenvalue weighted by Gasteiger charge is -2.30. The summed E-state index contributed by atoms with van der Waals surface area (Å²) in [6.07, 6.45) is 0. The number of hydrogen-bond donors (Lipinski definition) is 1. The first-order valence-corrected chi connectivity index (χ1v) is 16.3. The lowest BCUT2D eigenvalue weighted by Crippen LogP contribution is -2.25. The molecule has 0 amide bonds. The van der Waals surface area contributed by atoms with Gasteiger partial charge in [-0.05, 0) is 69.6 Å². The zero-order valence-corrected chi connectivity index (χ0v) is 25.5. The second kappa shape index (κ2) is 8.62. The summed E-state index contributed by atoms with van der Waals surface area (Å²) < 4.78 is 2.70. The van der Waals surface area contributed by atoms with Crippen LogP contribution in [0.25, 0.3) is 53.1 Å². The van der Waals surface area contributed by atoms with E-state index in [4.69, 9.17) is 0 Å². The Bertz CT molecular complexity index is 2440. The first kappa shape index (κ1) is 24.6. The van der Waals surface area contributed by atoms with Gasteiger partial charge in [-0.2, -0.15) is 0 Å². The maximum absolute atomic E-state index is 3.80. The molecule has 0 spiro atoms. The summed E-state index contributed by atoms with van der Waals surface area (Å²) >= 11 is 1.90. The van der Waals surface area contributed by atoms with E-state index in [2.05, 4.69) is 151 Å². The second-order valence-corrected chi connectivity index (χ2v) is 14.1. The fraction of sp³-hybridized carbons (Fsp3) is 0.122. The fourth-order valence-electron chi connectivity index (χ4n) is 8.59. The van der Waals surface area contributed by atoms with Crippen LogP contribution >= 0.6 is 11.3 Å². The quantitative estimate of drug-likeness (QED) is 0.215. The van der Waals surface area contributed by atoms with Gasteiger partial charge in [0.05, 0.1) is 11.7 Å². The van der Waals surface area contributed by atoms with Crippen molar-refractivity contribution in [2.45, 2.75) is 31.2 Å². The van der Waals surface area contributed by atoms with Gasteiger partial charge in [-0.15, -0.1) is 11.3 Å². The summed E-state index contributed by atoms with van der Waals surface area (Å²) in [5.74, 6) is 0.361. The number of nitrogens with one attached hydrogen (secondary N) is 1. The lowest BCUT2D eigenvalue weighted by molar-refractivity contribution is 0.420. The van der Waals surface area contributed by atoms with Crippen molar-refractivity contribution in [1.29, 1.82) is 0 Å². The molecule has 3 heterocycles. The summed E-state index contributed by atoms with van der Waals surface area (Å²) in [5, 5.41) is 5.30. The number of anilines is 2. The smallest absolute Gasteiger partial charge is 0.0672 e. The molecular formula is C41H30N2S. The van der Waals surface area contributed by atoms with Crippen molar-refractivity contribution < 1.29 is 0 Å². The largest absolute Gasteiger partial charge is 0.354 e. The maximum atomic E-state index is 3.80. The molecule has 44 heavy (non-hydrogen) atoms. The van der Waals surface area contributed by atoms with E-state index in [0.29, 0.717) is 5.92 Å². The van der Waals surface area contributed by atoms with Gasteiger partial charge in [0.2, 0.25) is 0 Å². The van der Waals surface area contributed by atoms with Crippen LogP contribution in [0.4, 0.5) is 11.4 Å². The molecule has 0 saturated heterocycles. The van der Waals surface area contributed by atoms with Crippen molar-refractivity contribution in [2.24, 2.45) is 0 Å². The van der Waals surface area contributed by atoms with Crippen LogP contribution in [0.3, 0.4) is 0 Å². The third-order valence-corrected chi connectivity index (χ3v) is 11.7. The van der Waals surface area contributed by atoms with Gasteiger partial charge in [-0.3, -0.25) is 0 Å². The molecule has 0 saturated carbocycles. The molecule has 1 aliphatic heterocycles. The fourth-order valence-corrected chi connectivity index (χ4v) is 9.83. The molecular weight excluding hydrogens is 553 g/mol. The van der Waals surface area contributed by atoms with E-state index in [1.54, 1.807) is 0 Å². The topological polar surface area (TPSA) is 19.0 Å². The van der Waals surface area contributed by atoms with E-state index < -0.39 is 0 Å². The van der Waals surface area contributed by atoms with E-state index in [0.717, 1.165) is 0 Å². The lowest BCUT2D eigenvalue weighted by atomic mass is 9.75. The molecule has 2 aliphatic rings. The van der Waals surface area contributed by atoms with E-state index in [9.17, 15) is 0 Å². The van der Waals surface area contributed by atoms with E-state index >= 15 is 0 Å². The molecule has 2 unspecified atom stereocenters. The standard InChI is InChI=1S/C41H30N2S/c1-41(2)32-17-8-6-14-29(32)39-37(41)30-20-22-34-36(38(30)43(39)25-11-4-3-5-12-25)31-23-24(19-21-33(31)42-34)26-15-10-16-28-27-13-7-9-18-35(27)44-40(26)28/h3-23,37,39,42H,1-2H3. The first-order chi connectivity index (χ1) is 21.6. The number of H-pyrrole nitrogens is 1. The first-order valence-electron chi connectivity index (χ1n) is 15.5. The number of aromatic amines is 1. The predicted molar refractivity (Wildman–Crippen MR) is 188 cm³/mol. The van der Waals surface area contributed by atoms with Gasteiger partial charge in [0, 0.05) is 53.6 Å². The molecule has 2 aromatic heterocycles. The Hall–Kier alpha value is -4.86. The Balaban J connectivity index is 1.26. The molecule has 210 valence electrons. The highest BCUT2D eigenvalue weighted by atomic mass is 32.1. The Morgan fingerprint density at radius 2 is 1.43 bits per heavy atom. The summed E-state index contributed by atoms with van der Waals surface area (Å²) in [4.78, 5) is 6.45. The molecule has 6 aromatic carbocycles. The number of hydrogen-bond acceptors (Lipinski definition) is 2. The Labute approximate surface area is 260 Å². The number of benzene rings is 6. The van der Waals surface area contributed by atoms with Crippen LogP contribution in [0, 0.1) is 0 Å². The average molecular weight is 583 g/mol. The van der Waals surface area contributed by atoms with Gasteiger partial charge >= 0.3 is 0 Å². The van der Waals surface area contributed by atoms with Crippen LogP contribution in [0.5, 0.6) is 0 Å². The predicted octanol–water partition coefficient (Wildman–Crippen LogP) is 11.6. The molecule has 1 N–H and O–H groups in total. The third-order valence-electron chi connectivity index (χ3n) is 10.4. The van der Waals surface area contributed by atoms with Crippen molar-refractivity contribution in [1.82, 2.24) is 4.98 Å². The van der Waals surface area contributed by atoms with Crippen LogP contribution in [-0.2, 0) is 5.41 Å². The SMILES string of the molecule is CC1(C)c2ccccc2C2C1c1ccc3[nH]c4ccc(-c5cccc6c5sc5ccccc56)cc4c3c1N2c1ccccc1. The zero-order valence-electron chi connectivity index (χ0n) is 24.6. The van der Waals surface area contributed by atoms with Gasteiger partial charge in [-0.25, -0.2) is 0 Å². The van der Waals surface area contributed by atoms with Gasteiger partial charge in [0.1, 0.15) is 0 Å². The minimum Gasteiger partial charge on any atom is -0.354 e. The molecule has 8 aromatic rings. The van der Waals surface area contributed by atoms with Crippen molar-refractivity contribution in [3.63, 3.8) is 0 Å². The molecule has 0 fully saturated rings. The summed E-state index contributed by atoms with van der Waals surface area (Å²) in [6.45, 7) is 4.88. The van der Waals surface area contributed by atoms with E-state index in [1.165, 1.54) is 81.2 Å². The van der Waals surface area contributed by atoms with Crippen molar-refractivity contribution in [2.75, 3.05) is 4.90 Å². The van der Waals surface area contributed by atoms with Crippen LogP contribution in [-0.4, -0.2) is 4.98 Å². The number of thiophene rings is 1. The average Bonchev–Trinajstić information content (AvgIpc) is 3.78. The summed E-state index contributed by atoms with van der Waals surface area (Å²) in [6, 6.07) is 47.7. The monoisotopic (exact) mass is 582 g/mol. The Morgan fingerprint density at radius 3 is 2.34 bits per heavy atom. The number of rotatable bonds is 2. The van der Waals surface area contributed by atoms with E-state index in [-0.39, 0.29) is 11.5 Å². The van der Waals surface area contributed by atoms with Crippen LogP contribution in [0.2, 0.25) is 0 Å². The summed E-state index contributed by atoms with van der Waals surface area (Å²) in [5.41, 5.74) is 12.0. The third kappa shape index (κ3) is 3.10. The highest BCUT2D eigenvalue weighted by molar-refractivity contribution is 7.26. The molecule has 10 rings (SSSR count). The molecule has 0 radical (unpaired) electrons. The minimum absolute atomic E-state index is 0.0152. The normalized spacial score (nSPS) is 18.4. The number of fused-ring (bicyclic) bond motifs is 12. The van der Waals surface area contributed by atoms with Crippen molar-refractivity contribution in [3.8, 4) is 11.1 Å². The number of aromatic nitrogens is 1. The van der Waals surface area contributed by atoms with Crippen LogP contribution < -0.4 is 4.90 Å². The number of nitrogens with zero attached hydrogens (tertiary/aromatic N) is 1. The van der Waals surface area contributed by atoms with Crippen molar-refractivity contribution >= 4 is 64.7 Å². The van der Waals surface area contributed by atoms with Crippen LogP contribution in [0.15, 0.2) is 127 Å². The van der Waals surface area contributed by atoms with Gasteiger partial charge in [-0.1, -0.05) is 105 Å². The Morgan fingerprint density at radius 1 is 0.659 bits per heavy atom. The molecule has 1 aliphatic carbocycles. The maximum Gasteiger partial charge on any atom is 0.0672 e. The molecule has 3 heteroatoms. The minimum atomic E-state index is 0.0152. The zero-order chi connectivity index (χ0) is 29.2. The van der Waals surface area contributed by atoms with Crippen LogP contribution in [0.1, 0.15) is 42.5 Å². The highest BCUT2D eigenvalue weighted by Gasteiger charge is 2.55. The second-order valence-electron chi connectivity index (χ2n) is 13.0. The number of para-hydroxylation sites is 1. The van der Waals surface area contributed by atoms with Gasteiger partial charge in [0.15, 0.2) is 0 Å². The molecule has 2 nitrogen and oxygen atoms in total. The summed E-state index contributed by atoms with van der Waals surface area (Å²) in [7, 11) is 0. The van der Waals surface area contributed by atoms with E-state index in [1.807, 2.05) is 11.3 Å². The van der Waals surface area contributed by atoms with Gasteiger partial charge < -0.3 is 9.88 Å². The highest BCUT2D eigenvalue weighted by Crippen LogP contribution is 2.66. The van der Waals surface area contributed by atoms with Gasteiger partial charge in [0.25, 0.3) is 0 Å². The van der Waals surface area contributed by atoms with Crippen molar-refractivity contribution in [3.05, 3.63) is 144 Å². The molecule has 0 bridgehead atoms. The Kier molecular flexibility index (Phi) is 4.81. The molecule has 2 atom stereocenters.